The van der Waals surface area contributed by atoms with E-state index in [9.17, 15) is 9.18 Å². The standard InChI is InChI=1S/C11H12ClFO/c1-7(2)10(14)6-8-4-3-5-9(13)11(8)12/h3-5,7H,6H2,1-2H3. The number of hydrogen-bond acceptors (Lipinski definition) is 1. The van der Waals surface area contributed by atoms with Gasteiger partial charge in [-0.25, -0.2) is 4.39 Å². The van der Waals surface area contributed by atoms with E-state index in [2.05, 4.69) is 0 Å². The molecule has 0 amide bonds. The van der Waals surface area contributed by atoms with Gasteiger partial charge >= 0.3 is 0 Å². The van der Waals surface area contributed by atoms with Gasteiger partial charge in [0, 0.05) is 12.3 Å². The minimum atomic E-state index is -0.472. The smallest absolute Gasteiger partial charge is 0.142 e. The number of carbonyl (C=O) groups is 1. The van der Waals surface area contributed by atoms with E-state index in [1.54, 1.807) is 12.1 Å². The fourth-order valence-corrected chi connectivity index (χ4v) is 1.27. The molecule has 0 aromatic heterocycles. The van der Waals surface area contributed by atoms with Crippen LogP contribution in [0.4, 0.5) is 4.39 Å². The Morgan fingerprint density at radius 2 is 2.14 bits per heavy atom. The lowest BCUT2D eigenvalue weighted by molar-refractivity contribution is -0.121. The molecule has 1 aromatic carbocycles. The maximum Gasteiger partial charge on any atom is 0.142 e. The van der Waals surface area contributed by atoms with Crippen molar-refractivity contribution in [3.8, 4) is 0 Å². The molecular formula is C11H12ClFO. The first-order chi connectivity index (χ1) is 6.52. The van der Waals surface area contributed by atoms with Crippen molar-refractivity contribution in [2.24, 2.45) is 5.92 Å². The SMILES string of the molecule is CC(C)C(=O)Cc1cccc(F)c1Cl. The molecule has 0 atom stereocenters. The topological polar surface area (TPSA) is 17.1 Å². The third-order valence-corrected chi connectivity index (χ3v) is 2.46. The van der Waals surface area contributed by atoms with E-state index in [0.717, 1.165) is 0 Å². The van der Waals surface area contributed by atoms with Gasteiger partial charge < -0.3 is 0 Å². The quantitative estimate of drug-likeness (QED) is 0.755. The highest BCUT2D eigenvalue weighted by Gasteiger charge is 2.12. The summed E-state index contributed by atoms with van der Waals surface area (Å²) in [5, 5.41) is 0.0569. The molecule has 3 heteroatoms. The molecule has 76 valence electrons. The van der Waals surface area contributed by atoms with Gasteiger partial charge in [0.05, 0.1) is 5.02 Å². The highest BCUT2D eigenvalue weighted by atomic mass is 35.5. The Labute approximate surface area is 87.9 Å². The van der Waals surface area contributed by atoms with Crippen LogP contribution in [-0.2, 0) is 11.2 Å². The van der Waals surface area contributed by atoms with Crippen LogP contribution in [0, 0.1) is 11.7 Å². The van der Waals surface area contributed by atoms with Gasteiger partial charge in [-0.3, -0.25) is 4.79 Å². The maximum absolute atomic E-state index is 13.0. The van der Waals surface area contributed by atoms with E-state index in [1.165, 1.54) is 6.07 Å². The Balaban J connectivity index is 2.87. The summed E-state index contributed by atoms with van der Waals surface area (Å²) in [6, 6.07) is 4.52. The third-order valence-electron chi connectivity index (χ3n) is 2.04. The minimum absolute atomic E-state index is 0.0469. The zero-order valence-electron chi connectivity index (χ0n) is 8.18. The molecule has 14 heavy (non-hydrogen) atoms. The summed E-state index contributed by atoms with van der Waals surface area (Å²) in [5.41, 5.74) is 0.561. The molecule has 0 radical (unpaired) electrons. The minimum Gasteiger partial charge on any atom is -0.299 e. The lowest BCUT2D eigenvalue weighted by Gasteiger charge is -2.06. The number of rotatable bonds is 3. The van der Waals surface area contributed by atoms with Gasteiger partial charge in [-0.05, 0) is 11.6 Å². The van der Waals surface area contributed by atoms with Crippen LogP contribution >= 0.6 is 11.6 Å². The molecule has 1 aromatic rings. The molecule has 0 unspecified atom stereocenters. The second-order valence-electron chi connectivity index (χ2n) is 3.51. The van der Waals surface area contributed by atoms with Crippen LogP contribution in [-0.4, -0.2) is 5.78 Å². The number of halogens is 2. The van der Waals surface area contributed by atoms with Crippen molar-refractivity contribution in [1.29, 1.82) is 0 Å². The van der Waals surface area contributed by atoms with Crippen molar-refractivity contribution in [3.05, 3.63) is 34.6 Å². The van der Waals surface area contributed by atoms with Crippen LogP contribution in [0.3, 0.4) is 0 Å². The Morgan fingerprint density at radius 3 is 2.71 bits per heavy atom. The lowest BCUT2D eigenvalue weighted by Crippen LogP contribution is -2.10. The average Bonchev–Trinajstić information content (AvgIpc) is 2.12. The number of ketones is 1. The van der Waals surface area contributed by atoms with Crippen LogP contribution in [0.15, 0.2) is 18.2 Å². The lowest BCUT2D eigenvalue weighted by atomic mass is 10.0. The van der Waals surface area contributed by atoms with E-state index in [0.29, 0.717) is 5.56 Å². The van der Waals surface area contributed by atoms with E-state index in [4.69, 9.17) is 11.6 Å². The number of hydrogen-bond donors (Lipinski definition) is 0. The largest absolute Gasteiger partial charge is 0.299 e. The molecule has 1 nitrogen and oxygen atoms in total. The fraction of sp³-hybridized carbons (Fsp3) is 0.364. The summed E-state index contributed by atoms with van der Waals surface area (Å²) in [5.74, 6) is -0.451. The first kappa shape index (κ1) is 11.2. The molecule has 0 aliphatic rings. The molecule has 0 aliphatic heterocycles. The summed E-state index contributed by atoms with van der Waals surface area (Å²) in [4.78, 5) is 11.4. The van der Waals surface area contributed by atoms with Gasteiger partial charge in [-0.1, -0.05) is 37.6 Å². The molecule has 0 heterocycles. The zero-order chi connectivity index (χ0) is 10.7. The first-order valence-electron chi connectivity index (χ1n) is 4.48. The van der Waals surface area contributed by atoms with Gasteiger partial charge in [-0.2, -0.15) is 0 Å². The van der Waals surface area contributed by atoms with Crippen LogP contribution in [0.25, 0.3) is 0 Å². The molecule has 0 N–H and O–H groups in total. The summed E-state index contributed by atoms with van der Waals surface area (Å²) < 4.78 is 13.0. The van der Waals surface area contributed by atoms with Crippen molar-refractivity contribution in [1.82, 2.24) is 0 Å². The van der Waals surface area contributed by atoms with Crippen LogP contribution in [0.5, 0.6) is 0 Å². The zero-order valence-corrected chi connectivity index (χ0v) is 8.94. The van der Waals surface area contributed by atoms with E-state index >= 15 is 0 Å². The van der Waals surface area contributed by atoms with Gasteiger partial charge in [-0.15, -0.1) is 0 Å². The molecule has 0 fully saturated rings. The van der Waals surface area contributed by atoms with Crippen LogP contribution in [0.1, 0.15) is 19.4 Å². The predicted molar refractivity (Wildman–Crippen MR) is 55.0 cm³/mol. The Hall–Kier alpha value is -0.890. The molecule has 1 rings (SSSR count). The molecule has 0 aliphatic carbocycles. The molecule has 0 bridgehead atoms. The van der Waals surface area contributed by atoms with Crippen molar-refractivity contribution in [2.75, 3.05) is 0 Å². The van der Waals surface area contributed by atoms with E-state index < -0.39 is 5.82 Å². The Kier molecular flexibility index (Phi) is 3.64. The summed E-state index contributed by atoms with van der Waals surface area (Å²) in [7, 11) is 0. The van der Waals surface area contributed by atoms with E-state index in [1.807, 2.05) is 13.8 Å². The molecule has 0 saturated carbocycles. The summed E-state index contributed by atoms with van der Waals surface area (Å²) in [6.07, 6.45) is 0.203. The van der Waals surface area contributed by atoms with Crippen LogP contribution < -0.4 is 0 Å². The van der Waals surface area contributed by atoms with Gasteiger partial charge in [0.25, 0.3) is 0 Å². The van der Waals surface area contributed by atoms with Crippen molar-refractivity contribution < 1.29 is 9.18 Å². The fourth-order valence-electron chi connectivity index (χ4n) is 1.08. The highest BCUT2D eigenvalue weighted by molar-refractivity contribution is 6.31. The number of benzene rings is 1. The van der Waals surface area contributed by atoms with Crippen molar-refractivity contribution in [2.45, 2.75) is 20.3 Å². The Bertz CT molecular complexity index is 347. The van der Waals surface area contributed by atoms with Crippen molar-refractivity contribution in [3.63, 3.8) is 0 Å². The van der Waals surface area contributed by atoms with Gasteiger partial charge in [0.15, 0.2) is 0 Å². The van der Waals surface area contributed by atoms with Crippen molar-refractivity contribution >= 4 is 17.4 Å². The molecular weight excluding hydrogens is 203 g/mol. The highest BCUT2D eigenvalue weighted by Crippen LogP contribution is 2.20. The second-order valence-corrected chi connectivity index (χ2v) is 3.89. The summed E-state index contributed by atoms with van der Waals surface area (Å²) >= 11 is 5.71. The van der Waals surface area contributed by atoms with Gasteiger partial charge in [0.2, 0.25) is 0 Å². The average molecular weight is 215 g/mol. The Morgan fingerprint density at radius 1 is 1.50 bits per heavy atom. The maximum atomic E-state index is 13.0. The van der Waals surface area contributed by atoms with Gasteiger partial charge in [0.1, 0.15) is 11.6 Å². The van der Waals surface area contributed by atoms with Crippen LogP contribution in [0.2, 0.25) is 5.02 Å². The predicted octanol–water partition coefficient (Wildman–Crippen LogP) is 3.25. The normalized spacial score (nSPS) is 10.6. The third kappa shape index (κ3) is 2.55. The second kappa shape index (κ2) is 4.56. The monoisotopic (exact) mass is 214 g/mol. The summed E-state index contributed by atoms with van der Waals surface area (Å²) in [6.45, 7) is 3.63. The number of carbonyl (C=O) groups excluding carboxylic acids is 1. The van der Waals surface area contributed by atoms with E-state index in [-0.39, 0.29) is 23.1 Å². The molecule has 0 saturated heterocycles. The molecule has 0 spiro atoms. The number of Topliss-reactive ketones (excluding diaryl/α,β-unsaturated/α-hetero) is 1. The first-order valence-corrected chi connectivity index (χ1v) is 4.85.